The minimum atomic E-state index is 0.0394. The standard InChI is InChI=1S/C14H14Br2O2/c1-3-17-10-4-5-11(12(15)8-10)13(16)14-9(2)6-7-18-14/h4-8,13H,3H2,1-2H3. The third kappa shape index (κ3) is 2.81. The van der Waals surface area contributed by atoms with E-state index in [4.69, 9.17) is 9.15 Å². The predicted octanol–water partition coefficient (Wildman–Crippen LogP) is 5.23. The van der Waals surface area contributed by atoms with Crippen LogP contribution in [-0.4, -0.2) is 6.61 Å². The summed E-state index contributed by atoms with van der Waals surface area (Å²) in [5.41, 5.74) is 2.26. The van der Waals surface area contributed by atoms with Crippen molar-refractivity contribution in [1.82, 2.24) is 0 Å². The fraction of sp³-hybridized carbons (Fsp3) is 0.286. The van der Waals surface area contributed by atoms with Gasteiger partial charge >= 0.3 is 0 Å². The Morgan fingerprint density at radius 1 is 1.33 bits per heavy atom. The number of furan rings is 1. The highest BCUT2D eigenvalue weighted by Gasteiger charge is 2.18. The normalized spacial score (nSPS) is 12.4. The van der Waals surface area contributed by atoms with E-state index in [9.17, 15) is 0 Å². The summed E-state index contributed by atoms with van der Waals surface area (Å²) in [6.07, 6.45) is 1.71. The molecule has 0 amide bonds. The SMILES string of the molecule is CCOc1ccc(C(Br)c2occc2C)c(Br)c1. The lowest BCUT2D eigenvalue weighted by Crippen LogP contribution is -1.96. The van der Waals surface area contributed by atoms with Crippen LogP contribution in [0.5, 0.6) is 5.75 Å². The number of rotatable bonds is 4. The second kappa shape index (κ2) is 5.93. The van der Waals surface area contributed by atoms with E-state index in [1.54, 1.807) is 6.26 Å². The van der Waals surface area contributed by atoms with Crippen LogP contribution >= 0.6 is 31.9 Å². The summed E-state index contributed by atoms with van der Waals surface area (Å²) in [4.78, 5) is 0.0394. The second-order valence-electron chi connectivity index (χ2n) is 3.95. The van der Waals surface area contributed by atoms with Crippen LogP contribution in [0, 0.1) is 6.92 Å². The summed E-state index contributed by atoms with van der Waals surface area (Å²) < 4.78 is 12.0. The first-order valence-corrected chi connectivity index (χ1v) is 7.44. The van der Waals surface area contributed by atoms with Crippen LogP contribution in [0.15, 0.2) is 39.4 Å². The van der Waals surface area contributed by atoms with E-state index in [1.807, 2.05) is 38.1 Å². The molecule has 0 saturated heterocycles. The predicted molar refractivity (Wildman–Crippen MR) is 79.5 cm³/mol. The zero-order valence-electron chi connectivity index (χ0n) is 10.2. The summed E-state index contributed by atoms with van der Waals surface area (Å²) in [6.45, 7) is 4.68. The number of ether oxygens (including phenoxy) is 1. The number of alkyl halides is 1. The van der Waals surface area contributed by atoms with Crippen LogP contribution in [0.3, 0.4) is 0 Å². The van der Waals surface area contributed by atoms with Crippen LogP contribution in [-0.2, 0) is 0 Å². The van der Waals surface area contributed by atoms with Crippen molar-refractivity contribution in [3.8, 4) is 5.75 Å². The molecule has 0 aliphatic carbocycles. The van der Waals surface area contributed by atoms with E-state index in [-0.39, 0.29) is 4.83 Å². The van der Waals surface area contributed by atoms with Crippen molar-refractivity contribution in [3.05, 3.63) is 51.9 Å². The lowest BCUT2D eigenvalue weighted by Gasteiger charge is -2.12. The van der Waals surface area contributed by atoms with E-state index in [2.05, 4.69) is 31.9 Å². The summed E-state index contributed by atoms with van der Waals surface area (Å²) >= 11 is 7.25. The van der Waals surface area contributed by atoms with Gasteiger partial charge in [-0.3, -0.25) is 0 Å². The van der Waals surface area contributed by atoms with Crippen molar-refractivity contribution >= 4 is 31.9 Å². The lowest BCUT2D eigenvalue weighted by atomic mass is 10.1. The largest absolute Gasteiger partial charge is 0.494 e. The van der Waals surface area contributed by atoms with E-state index < -0.39 is 0 Å². The summed E-state index contributed by atoms with van der Waals surface area (Å²) in [5, 5.41) is 0. The Hall–Kier alpha value is -0.740. The highest BCUT2D eigenvalue weighted by Crippen LogP contribution is 2.38. The summed E-state index contributed by atoms with van der Waals surface area (Å²) in [5.74, 6) is 1.80. The van der Waals surface area contributed by atoms with E-state index in [1.165, 1.54) is 0 Å². The van der Waals surface area contributed by atoms with Gasteiger partial charge in [-0.05, 0) is 43.2 Å². The molecule has 0 bridgehead atoms. The summed E-state index contributed by atoms with van der Waals surface area (Å²) in [7, 11) is 0. The first-order valence-electron chi connectivity index (χ1n) is 5.73. The number of halogens is 2. The van der Waals surface area contributed by atoms with Gasteiger partial charge in [0.05, 0.1) is 17.7 Å². The number of benzene rings is 1. The Balaban J connectivity index is 2.31. The van der Waals surface area contributed by atoms with Gasteiger partial charge in [-0.25, -0.2) is 0 Å². The highest BCUT2D eigenvalue weighted by atomic mass is 79.9. The second-order valence-corrected chi connectivity index (χ2v) is 5.72. The molecule has 1 unspecified atom stereocenters. The molecule has 0 radical (unpaired) electrons. The van der Waals surface area contributed by atoms with Gasteiger partial charge in [-0.1, -0.05) is 37.9 Å². The fourth-order valence-electron chi connectivity index (χ4n) is 1.76. The molecule has 2 nitrogen and oxygen atoms in total. The molecule has 96 valence electrons. The molecule has 1 aromatic heterocycles. The van der Waals surface area contributed by atoms with Crippen molar-refractivity contribution in [1.29, 1.82) is 0 Å². The van der Waals surface area contributed by atoms with E-state index >= 15 is 0 Å². The quantitative estimate of drug-likeness (QED) is 0.684. The van der Waals surface area contributed by atoms with E-state index in [0.29, 0.717) is 6.61 Å². The third-order valence-electron chi connectivity index (χ3n) is 2.69. The molecule has 1 aromatic carbocycles. The fourth-order valence-corrected chi connectivity index (χ4v) is 3.52. The molecule has 0 aliphatic heterocycles. The average Bonchev–Trinajstić information content (AvgIpc) is 2.75. The Kier molecular flexibility index (Phi) is 4.51. The van der Waals surface area contributed by atoms with Crippen molar-refractivity contribution in [2.45, 2.75) is 18.7 Å². The van der Waals surface area contributed by atoms with Gasteiger partial charge in [0.2, 0.25) is 0 Å². The van der Waals surface area contributed by atoms with Crippen LogP contribution < -0.4 is 4.74 Å². The van der Waals surface area contributed by atoms with Crippen molar-refractivity contribution in [2.75, 3.05) is 6.61 Å². The molecular weight excluding hydrogens is 360 g/mol. The molecular formula is C14H14Br2O2. The number of hydrogen-bond acceptors (Lipinski definition) is 2. The van der Waals surface area contributed by atoms with Gasteiger partial charge < -0.3 is 9.15 Å². The number of hydrogen-bond donors (Lipinski definition) is 0. The van der Waals surface area contributed by atoms with Crippen molar-refractivity contribution in [3.63, 3.8) is 0 Å². The maximum atomic E-state index is 5.51. The molecule has 0 N–H and O–H groups in total. The Labute approximate surface area is 124 Å². The molecule has 2 aromatic rings. The van der Waals surface area contributed by atoms with Crippen LogP contribution in [0.25, 0.3) is 0 Å². The average molecular weight is 374 g/mol. The van der Waals surface area contributed by atoms with Crippen LogP contribution in [0.1, 0.15) is 28.6 Å². The van der Waals surface area contributed by atoms with Gasteiger partial charge in [0, 0.05) is 4.47 Å². The molecule has 4 heteroatoms. The van der Waals surface area contributed by atoms with Gasteiger partial charge in [-0.2, -0.15) is 0 Å². The zero-order chi connectivity index (χ0) is 13.1. The van der Waals surface area contributed by atoms with Crippen LogP contribution in [0.4, 0.5) is 0 Å². The van der Waals surface area contributed by atoms with Crippen molar-refractivity contribution in [2.24, 2.45) is 0 Å². The Bertz CT molecular complexity index is 534. The first-order chi connectivity index (χ1) is 8.63. The highest BCUT2D eigenvalue weighted by molar-refractivity contribution is 9.11. The smallest absolute Gasteiger partial charge is 0.124 e. The molecule has 1 atom stereocenters. The molecule has 0 saturated carbocycles. The Morgan fingerprint density at radius 2 is 2.11 bits per heavy atom. The molecule has 0 fully saturated rings. The molecule has 1 heterocycles. The van der Waals surface area contributed by atoms with Gasteiger partial charge in [0.25, 0.3) is 0 Å². The first kappa shape index (κ1) is 13.7. The summed E-state index contributed by atoms with van der Waals surface area (Å²) in [6, 6.07) is 7.95. The molecule has 0 aliphatic rings. The van der Waals surface area contributed by atoms with Gasteiger partial charge in [0.1, 0.15) is 11.5 Å². The van der Waals surface area contributed by atoms with Crippen LogP contribution in [0.2, 0.25) is 0 Å². The van der Waals surface area contributed by atoms with E-state index in [0.717, 1.165) is 27.1 Å². The molecule has 0 spiro atoms. The van der Waals surface area contributed by atoms with Crippen molar-refractivity contribution < 1.29 is 9.15 Å². The number of aryl methyl sites for hydroxylation is 1. The monoisotopic (exact) mass is 372 g/mol. The molecule has 2 rings (SSSR count). The Morgan fingerprint density at radius 3 is 2.67 bits per heavy atom. The minimum absolute atomic E-state index is 0.0394. The topological polar surface area (TPSA) is 22.4 Å². The zero-order valence-corrected chi connectivity index (χ0v) is 13.4. The maximum absolute atomic E-state index is 5.51. The van der Waals surface area contributed by atoms with Gasteiger partial charge in [-0.15, -0.1) is 0 Å². The lowest BCUT2D eigenvalue weighted by molar-refractivity contribution is 0.340. The minimum Gasteiger partial charge on any atom is -0.494 e. The van der Waals surface area contributed by atoms with Gasteiger partial charge in [0.15, 0.2) is 0 Å². The maximum Gasteiger partial charge on any atom is 0.124 e. The molecule has 18 heavy (non-hydrogen) atoms. The third-order valence-corrected chi connectivity index (χ3v) is 4.28.